The average Bonchev–Trinajstić information content (AvgIpc) is 2.83. The summed E-state index contributed by atoms with van der Waals surface area (Å²) in [5, 5.41) is 3.16. The highest BCUT2D eigenvalue weighted by Gasteiger charge is 2.18. The van der Waals surface area contributed by atoms with E-state index < -0.39 is 5.82 Å². The molecule has 0 aliphatic rings. The number of aromatic amines is 2. The second kappa shape index (κ2) is 5.35. The molecule has 3 rings (SSSR count). The van der Waals surface area contributed by atoms with Gasteiger partial charge >= 0.3 is 5.69 Å². The Morgan fingerprint density at radius 2 is 1.95 bits per heavy atom. The van der Waals surface area contributed by atoms with Gasteiger partial charge in [-0.05, 0) is 30.8 Å². The second-order valence-electron chi connectivity index (χ2n) is 4.75. The Hall–Kier alpha value is -2.11. The number of benzene rings is 2. The lowest BCUT2D eigenvalue weighted by Gasteiger charge is -2.18. The van der Waals surface area contributed by atoms with Gasteiger partial charge in [0.1, 0.15) is 5.82 Å². The van der Waals surface area contributed by atoms with Gasteiger partial charge in [-0.2, -0.15) is 0 Å². The number of rotatable bonds is 3. The Morgan fingerprint density at radius 1 is 1.19 bits per heavy atom. The zero-order chi connectivity index (χ0) is 15.0. The molecule has 3 N–H and O–H groups in total. The topological polar surface area (TPSA) is 60.7 Å². The first kappa shape index (κ1) is 13.9. The third-order valence-corrected chi connectivity index (χ3v) is 3.75. The number of hydrogen-bond donors (Lipinski definition) is 3. The molecule has 21 heavy (non-hydrogen) atoms. The van der Waals surface area contributed by atoms with E-state index in [4.69, 9.17) is 11.6 Å². The molecule has 1 atom stereocenters. The quantitative estimate of drug-likeness (QED) is 0.697. The molecule has 0 saturated carbocycles. The third-order valence-electron chi connectivity index (χ3n) is 3.45. The van der Waals surface area contributed by atoms with Gasteiger partial charge in [0.25, 0.3) is 0 Å². The average molecular weight is 306 g/mol. The zero-order valence-corrected chi connectivity index (χ0v) is 12.0. The molecule has 0 amide bonds. The maximum Gasteiger partial charge on any atom is 0.323 e. The van der Waals surface area contributed by atoms with Crippen LogP contribution in [-0.4, -0.2) is 17.0 Å². The van der Waals surface area contributed by atoms with E-state index in [2.05, 4.69) is 15.3 Å². The zero-order valence-electron chi connectivity index (χ0n) is 11.2. The summed E-state index contributed by atoms with van der Waals surface area (Å²) in [5.74, 6) is -0.443. The lowest BCUT2D eigenvalue weighted by molar-refractivity contribution is 0.577. The van der Waals surface area contributed by atoms with Crippen molar-refractivity contribution in [3.05, 3.63) is 68.8 Å². The van der Waals surface area contributed by atoms with Crippen molar-refractivity contribution in [3.8, 4) is 0 Å². The van der Waals surface area contributed by atoms with Gasteiger partial charge in [-0.1, -0.05) is 29.8 Å². The first-order valence-electron chi connectivity index (χ1n) is 6.43. The monoisotopic (exact) mass is 305 g/mol. The summed E-state index contributed by atoms with van der Waals surface area (Å²) in [7, 11) is 1.75. The Balaban J connectivity index is 2.13. The van der Waals surface area contributed by atoms with Gasteiger partial charge in [0.05, 0.1) is 22.1 Å². The van der Waals surface area contributed by atoms with Crippen molar-refractivity contribution < 1.29 is 4.39 Å². The smallest absolute Gasteiger partial charge is 0.309 e. The molecule has 1 heterocycles. The van der Waals surface area contributed by atoms with E-state index in [0.717, 1.165) is 5.56 Å². The van der Waals surface area contributed by atoms with Crippen LogP contribution in [0.4, 0.5) is 4.39 Å². The highest BCUT2D eigenvalue weighted by Crippen LogP contribution is 2.28. The van der Waals surface area contributed by atoms with Crippen molar-refractivity contribution in [1.82, 2.24) is 15.3 Å². The molecular weight excluding hydrogens is 293 g/mol. The molecule has 0 aliphatic heterocycles. The van der Waals surface area contributed by atoms with E-state index in [-0.39, 0.29) is 16.8 Å². The van der Waals surface area contributed by atoms with Crippen LogP contribution in [0.1, 0.15) is 17.2 Å². The van der Waals surface area contributed by atoms with Gasteiger partial charge in [-0.3, -0.25) is 0 Å². The highest BCUT2D eigenvalue weighted by molar-refractivity contribution is 6.30. The van der Waals surface area contributed by atoms with Crippen LogP contribution in [0.25, 0.3) is 11.0 Å². The van der Waals surface area contributed by atoms with Crippen molar-refractivity contribution in [2.24, 2.45) is 0 Å². The lowest BCUT2D eigenvalue weighted by Crippen LogP contribution is -2.19. The van der Waals surface area contributed by atoms with Crippen LogP contribution in [-0.2, 0) is 0 Å². The normalized spacial score (nSPS) is 12.7. The molecule has 0 aliphatic carbocycles. The van der Waals surface area contributed by atoms with Crippen molar-refractivity contribution in [3.63, 3.8) is 0 Å². The summed E-state index contributed by atoms with van der Waals surface area (Å²) in [6, 6.07) is 10.00. The Morgan fingerprint density at radius 3 is 2.71 bits per heavy atom. The standard InChI is InChI=1S/C15H13ClFN3O/c1-18-14(9-3-2-4-10(16)13(9)17)8-5-6-11-12(7-8)20-15(21)19-11/h2-7,14,18H,1H3,(H2,19,20,21). The molecule has 108 valence electrons. The van der Waals surface area contributed by atoms with Crippen LogP contribution < -0.4 is 11.0 Å². The molecule has 1 unspecified atom stereocenters. The van der Waals surface area contributed by atoms with E-state index in [0.29, 0.717) is 16.6 Å². The van der Waals surface area contributed by atoms with E-state index in [1.165, 1.54) is 6.07 Å². The van der Waals surface area contributed by atoms with Gasteiger partial charge in [0, 0.05) is 5.56 Å². The number of hydrogen-bond acceptors (Lipinski definition) is 2. The summed E-state index contributed by atoms with van der Waals surface area (Å²) < 4.78 is 14.2. The van der Waals surface area contributed by atoms with Gasteiger partial charge in [0.2, 0.25) is 0 Å². The van der Waals surface area contributed by atoms with Crippen LogP contribution in [0.5, 0.6) is 0 Å². The first-order valence-corrected chi connectivity index (χ1v) is 6.81. The van der Waals surface area contributed by atoms with Crippen LogP contribution >= 0.6 is 11.6 Å². The number of imidazole rings is 1. The number of nitrogens with one attached hydrogen (secondary N) is 3. The van der Waals surface area contributed by atoms with Crippen LogP contribution in [0.2, 0.25) is 5.02 Å². The molecule has 0 fully saturated rings. The Labute approximate surface area is 125 Å². The molecule has 0 spiro atoms. The molecule has 3 aromatic rings. The summed E-state index contributed by atoms with van der Waals surface area (Å²) in [6.45, 7) is 0. The van der Waals surface area contributed by atoms with Crippen LogP contribution in [0.15, 0.2) is 41.2 Å². The number of aromatic nitrogens is 2. The fraction of sp³-hybridized carbons (Fsp3) is 0.133. The molecule has 0 bridgehead atoms. The van der Waals surface area contributed by atoms with E-state index >= 15 is 0 Å². The van der Waals surface area contributed by atoms with E-state index in [9.17, 15) is 9.18 Å². The maximum absolute atomic E-state index is 14.2. The van der Waals surface area contributed by atoms with Gasteiger partial charge in [-0.15, -0.1) is 0 Å². The number of halogens is 2. The minimum atomic E-state index is -0.443. The van der Waals surface area contributed by atoms with Crippen molar-refractivity contribution in [1.29, 1.82) is 0 Å². The SMILES string of the molecule is CNC(c1ccc2[nH]c(=O)[nH]c2c1)c1cccc(Cl)c1F. The van der Waals surface area contributed by atoms with E-state index in [1.807, 2.05) is 12.1 Å². The van der Waals surface area contributed by atoms with E-state index in [1.54, 1.807) is 25.2 Å². The molecule has 0 saturated heterocycles. The van der Waals surface area contributed by atoms with Gasteiger partial charge in [0.15, 0.2) is 0 Å². The van der Waals surface area contributed by atoms with Crippen LogP contribution in [0.3, 0.4) is 0 Å². The summed E-state index contributed by atoms with van der Waals surface area (Å²) in [6.07, 6.45) is 0. The highest BCUT2D eigenvalue weighted by atomic mass is 35.5. The summed E-state index contributed by atoms with van der Waals surface area (Å²) >= 11 is 5.85. The predicted molar refractivity (Wildman–Crippen MR) is 81.2 cm³/mol. The largest absolute Gasteiger partial charge is 0.323 e. The van der Waals surface area contributed by atoms with Gasteiger partial charge < -0.3 is 15.3 Å². The maximum atomic E-state index is 14.2. The fourth-order valence-corrected chi connectivity index (χ4v) is 2.66. The summed E-state index contributed by atoms with van der Waals surface area (Å²) in [5.41, 5.74) is 2.42. The first-order chi connectivity index (χ1) is 10.1. The van der Waals surface area contributed by atoms with Gasteiger partial charge in [-0.25, -0.2) is 9.18 Å². The molecule has 2 aromatic carbocycles. The minimum absolute atomic E-state index is 0.0869. The minimum Gasteiger partial charge on any atom is -0.309 e. The predicted octanol–water partition coefficient (Wildman–Crippen LogP) is 2.96. The van der Waals surface area contributed by atoms with Crippen molar-refractivity contribution in [2.45, 2.75) is 6.04 Å². The fourth-order valence-electron chi connectivity index (χ4n) is 2.47. The lowest BCUT2D eigenvalue weighted by atomic mass is 9.98. The molecular formula is C15H13ClFN3O. The number of fused-ring (bicyclic) bond motifs is 1. The molecule has 0 radical (unpaired) electrons. The Bertz CT molecular complexity index is 855. The molecule has 1 aromatic heterocycles. The second-order valence-corrected chi connectivity index (χ2v) is 5.16. The van der Waals surface area contributed by atoms with Crippen molar-refractivity contribution >= 4 is 22.6 Å². The molecule has 4 nitrogen and oxygen atoms in total. The number of H-pyrrole nitrogens is 2. The third kappa shape index (κ3) is 2.46. The Kier molecular flexibility index (Phi) is 3.53. The van der Waals surface area contributed by atoms with Crippen molar-refractivity contribution in [2.75, 3.05) is 7.05 Å². The summed E-state index contributed by atoms with van der Waals surface area (Å²) in [4.78, 5) is 16.7. The van der Waals surface area contributed by atoms with Crippen LogP contribution in [0, 0.1) is 5.82 Å². The molecule has 6 heteroatoms.